The van der Waals surface area contributed by atoms with Gasteiger partial charge in [0, 0.05) is 19.3 Å². The van der Waals surface area contributed by atoms with E-state index >= 15 is 0 Å². The van der Waals surface area contributed by atoms with Crippen LogP contribution in [0.5, 0.6) is 0 Å². The minimum Gasteiger partial charge on any atom is -0.462 e. The van der Waals surface area contributed by atoms with Crippen LogP contribution >= 0.6 is 0 Å². The molecule has 52 heavy (non-hydrogen) atoms. The van der Waals surface area contributed by atoms with Gasteiger partial charge in [-0.1, -0.05) is 159 Å². The highest BCUT2D eigenvalue weighted by atomic mass is 16.6. The number of hydrogen-bond acceptors (Lipinski definition) is 6. The molecular weight excluding hydrogens is 649 g/mol. The number of carbonyl (C=O) groups excluding carboxylic acids is 3. The number of carbonyl (C=O) groups is 3. The minimum absolute atomic E-state index is 0.0822. The Morgan fingerprint density at radius 3 is 1.21 bits per heavy atom. The number of unbranched alkanes of at least 4 members (excludes halogenated alkanes) is 19. The molecule has 0 amide bonds. The lowest BCUT2D eigenvalue weighted by Crippen LogP contribution is -2.30. The fourth-order valence-electron chi connectivity index (χ4n) is 5.74. The molecule has 0 aliphatic carbocycles. The largest absolute Gasteiger partial charge is 0.462 e. The fourth-order valence-corrected chi connectivity index (χ4v) is 5.74. The van der Waals surface area contributed by atoms with Gasteiger partial charge in [0.05, 0.1) is 0 Å². The first kappa shape index (κ1) is 49.4. The van der Waals surface area contributed by atoms with Crippen LogP contribution in [0.2, 0.25) is 0 Å². The second-order valence-corrected chi connectivity index (χ2v) is 14.3. The third-order valence-corrected chi connectivity index (χ3v) is 9.04. The molecule has 300 valence electrons. The zero-order valence-electron chi connectivity index (χ0n) is 34.1. The van der Waals surface area contributed by atoms with E-state index in [0.29, 0.717) is 19.3 Å². The molecule has 0 spiro atoms. The number of hydrogen-bond donors (Lipinski definition) is 0. The van der Waals surface area contributed by atoms with Crippen molar-refractivity contribution in [1.29, 1.82) is 0 Å². The van der Waals surface area contributed by atoms with Crippen molar-refractivity contribution in [3.8, 4) is 0 Å². The number of esters is 3. The van der Waals surface area contributed by atoms with Crippen molar-refractivity contribution in [3.05, 3.63) is 48.6 Å². The molecular formula is C46H80O6. The first-order chi connectivity index (χ1) is 25.5. The summed E-state index contributed by atoms with van der Waals surface area (Å²) in [5.74, 6) is -0.925. The van der Waals surface area contributed by atoms with Crippen molar-refractivity contribution in [1.82, 2.24) is 0 Å². The highest BCUT2D eigenvalue weighted by Gasteiger charge is 2.19. The Labute approximate surface area is 320 Å². The maximum atomic E-state index is 12.6. The molecule has 0 aromatic rings. The number of rotatable bonds is 38. The van der Waals surface area contributed by atoms with Crippen LogP contribution < -0.4 is 0 Å². The molecule has 0 aromatic heterocycles. The summed E-state index contributed by atoms with van der Waals surface area (Å²) in [6.45, 7) is 6.42. The Morgan fingerprint density at radius 1 is 0.385 bits per heavy atom. The maximum absolute atomic E-state index is 12.6. The zero-order valence-corrected chi connectivity index (χ0v) is 34.1. The van der Waals surface area contributed by atoms with Crippen LogP contribution in [-0.4, -0.2) is 37.2 Å². The van der Waals surface area contributed by atoms with Crippen LogP contribution in [0, 0.1) is 0 Å². The molecule has 0 fully saturated rings. The molecule has 0 aliphatic rings. The minimum atomic E-state index is -0.775. The predicted octanol–water partition coefficient (Wildman–Crippen LogP) is 13.6. The van der Waals surface area contributed by atoms with E-state index in [1.807, 2.05) is 0 Å². The molecule has 1 unspecified atom stereocenters. The second kappa shape index (κ2) is 41.1. The monoisotopic (exact) mass is 729 g/mol. The Balaban J connectivity index is 4.22. The highest BCUT2D eigenvalue weighted by molar-refractivity contribution is 5.71. The van der Waals surface area contributed by atoms with Gasteiger partial charge in [-0.2, -0.15) is 0 Å². The van der Waals surface area contributed by atoms with Gasteiger partial charge in [0.1, 0.15) is 13.2 Å². The molecule has 0 N–H and O–H groups in total. The molecule has 0 saturated carbocycles. The topological polar surface area (TPSA) is 78.9 Å². The molecule has 0 heterocycles. The van der Waals surface area contributed by atoms with Gasteiger partial charge in [-0.25, -0.2) is 0 Å². The smallest absolute Gasteiger partial charge is 0.306 e. The lowest BCUT2D eigenvalue weighted by Gasteiger charge is -2.18. The summed E-state index contributed by atoms with van der Waals surface area (Å²) in [7, 11) is 0. The van der Waals surface area contributed by atoms with Crippen LogP contribution in [0.15, 0.2) is 48.6 Å². The van der Waals surface area contributed by atoms with Gasteiger partial charge in [0.15, 0.2) is 6.10 Å². The highest BCUT2D eigenvalue weighted by Crippen LogP contribution is 2.13. The third-order valence-electron chi connectivity index (χ3n) is 9.04. The Bertz CT molecular complexity index is 933. The molecule has 0 aromatic carbocycles. The van der Waals surface area contributed by atoms with Crippen molar-refractivity contribution in [2.24, 2.45) is 0 Å². The molecule has 0 aliphatic heterocycles. The van der Waals surface area contributed by atoms with Gasteiger partial charge in [-0.3, -0.25) is 14.4 Å². The Morgan fingerprint density at radius 2 is 0.731 bits per heavy atom. The van der Waals surface area contributed by atoms with Crippen LogP contribution in [-0.2, 0) is 28.6 Å². The SMILES string of the molecule is CCC/C=C\CCCCCCCC(=O)OC(COC(=O)CCCCCCC)COC(=O)CCCCCCCC/C=C\C/C=C\C/C=C\CCCCC. The first-order valence-electron chi connectivity index (χ1n) is 21.6. The van der Waals surface area contributed by atoms with E-state index < -0.39 is 6.10 Å². The molecule has 0 saturated heterocycles. The lowest BCUT2D eigenvalue weighted by atomic mass is 10.1. The van der Waals surface area contributed by atoms with E-state index in [-0.39, 0.29) is 31.1 Å². The summed E-state index contributed by atoms with van der Waals surface area (Å²) < 4.78 is 16.5. The second-order valence-electron chi connectivity index (χ2n) is 14.3. The fraction of sp³-hybridized carbons (Fsp3) is 0.761. The summed E-state index contributed by atoms with van der Waals surface area (Å²) in [6, 6.07) is 0. The molecule has 0 bridgehead atoms. The van der Waals surface area contributed by atoms with E-state index in [0.717, 1.165) is 103 Å². The molecule has 1 atom stereocenters. The third kappa shape index (κ3) is 38.6. The summed E-state index contributed by atoms with van der Waals surface area (Å²) in [5.41, 5.74) is 0. The summed E-state index contributed by atoms with van der Waals surface area (Å²) in [4.78, 5) is 37.3. The molecule has 6 nitrogen and oxygen atoms in total. The maximum Gasteiger partial charge on any atom is 0.306 e. The van der Waals surface area contributed by atoms with E-state index in [1.165, 1.54) is 64.2 Å². The van der Waals surface area contributed by atoms with Crippen LogP contribution in [0.4, 0.5) is 0 Å². The first-order valence-corrected chi connectivity index (χ1v) is 21.6. The standard InChI is InChI=1S/C46H80O6/c1-4-7-10-13-15-17-19-20-21-22-23-24-25-26-27-29-30-33-36-39-45(48)51-42-43(41-50-44(47)38-35-32-12-9-6-3)52-46(49)40-37-34-31-28-18-16-14-11-8-5-2/h11,14-15,17,20-21,23-24,43H,4-10,12-13,16,18-19,22,25-42H2,1-3H3/b14-11-,17-15-,21-20-,24-23-. The summed E-state index contributed by atoms with van der Waals surface area (Å²) >= 11 is 0. The van der Waals surface area contributed by atoms with Crippen LogP contribution in [0.3, 0.4) is 0 Å². The van der Waals surface area contributed by atoms with Gasteiger partial charge in [0.2, 0.25) is 0 Å². The van der Waals surface area contributed by atoms with E-state index in [9.17, 15) is 14.4 Å². The van der Waals surface area contributed by atoms with Crippen molar-refractivity contribution in [3.63, 3.8) is 0 Å². The van der Waals surface area contributed by atoms with Gasteiger partial charge < -0.3 is 14.2 Å². The Kier molecular flexibility index (Phi) is 39.1. The predicted molar refractivity (Wildman–Crippen MR) is 219 cm³/mol. The molecule has 6 heteroatoms. The van der Waals surface area contributed by atoms with Crippen molar-refractivity contribution in [2.75, 3.05) is 13.2 Å². The van der Waals surface area contributed by atoms with Crippen molar-refractivity contribution < 1.29 is 28.6 Å². The van der Waals surface area contributed by atoms with E-state index in [4.69, 9.17) is 14.2 Å². The molecule has 0 radical (unpaired) electrons. The normalized spacial score (nSPS) is 12.4. The van der Waals surface area contributed by atoms with E-state index in [1.54, 1.807) is 0 Å². The average Bonchev–Trinajstić information content (AvgIpc) is 3.14. The van der Waals surface area contributed by atoms with Gasteiger partial charge in [-0.05, 0) is 77.0 Å². The average molecular weight is 729 g/mol. The lowest BCUT2D eigenvalue weighted by molar-refractivity contribution is -0.167. The van der Waals surface area contributed by atoms with Gasteiger partial charge in [-0.15, -0.1) is 0 Å². The quantitative estimate of drug-likeness (QED) is 0.0272. The van der Waals surface area contributed by atoms with Crippen molar-refractivity contribution in [2.45, 2.75) is 213 Å². The van der Waals surface area contributed by atoms with E-state index in [2.05, 4.69) is 69.4 Å². The Hall–Kier alpha value is -2.63. The van der Waals surface area contributed by atoms with Gasteiger partial charge in [0.25, 0.3) is 0 Å². The van der Waals surface area contributed by atoms with Crippen LogP contribution in [0.25, 0.3) is 0 Å². The van der Waals surface area contributed by atoms with Gasteiger partial charge >= 0.3 is 17.9 Å². The van der Waals surface area contributed by atoms with Crippen molar-refractivity contribution >= 4 is 17.9 Å². The summed E-state index contributed by atoms with van der Waals surface area (Å²) in [6.07, 6.45) is 47.0. The summed E-state index contributed by atoms with van der Waals surface area (Å²) in [5, 5.41) is 0. The number of ether oxygens (including phenoxy) is 3. The zero-order chi connectivity index (χ0) is 38.0. The molecule has 0 rings (SSSR count). The van der Waals surface area contributed by atoms with Crippen LogP contribution in [0.1, 0.15) is 207 Å². The number of allylic oxidation sites excluding steroid dienone is 8.